The molecule has 0 unspecified atom stereocenters. The summed E-state index contributed by atoms with van der Waals surface area (Å²) in [5.74, 6) is 2.22. The molecule has 0 bridgehead atoms. The summed E-state index contributed by atoms with van der Waals surface area (Å²) < 4.78 is 12.8. The highest BCUT2D eigenvalue weighted by molar-refractivity contribution is 5.79. The number of aryl methyl sites for hydroxylation is 2. The van der Waals surface area contributed by atoms with Crippen LogP contribution >= 0.6 is 0 Å². The molecular weight excluding hydrogens is 330 g/mol. The lowest BCUT2D eigenvalue weighted by Gasteiger charge is -2.14. The van der Waals surface area contributed by atoms with Gasteiger partial charge in [-0.05, 0) is 38.5 Å². The molecule has 7 nitrogen and oxygen atoms in total. The molecule has 0 amide bonds. The van der Waals surface area contributed by atoms with Crippen molar-refractivity contribution >= 4 is 5.96 Å². The van der Waals surface area contributed by atoms with E-state index in [2.05, 4.69) is 27.6 Å². The molecule has 2 rings (SSSR count). The molecule has 0 aliphatic rings. The molecule has 0 saturated heterocycles. The van der Waals surface area contributed by atoms with Crippen LogP contribution in [-0.2, 0) is 20.1 Å². The second-order valence-corrected chi connectivity index (χ2v) is 5.97. The average Bonchev–Trinajstić information content (AvgIpc) is 2.88. The molecule has 0 atom stereocenters. The Hall–Kier alpha value is -2.70. The Labute approximate surface area is 155 Å². The van der Waals surface area contributed by atoms with Crippen LogP contribution in [0.25, 0.3) is 0 Å². The maximum absolute atomic E-state index is 5.63. The van der Waals surface area contributed by atoms with E-state index in [1.165, 1.54) is 5.56 Å². The van der Waals surface area contributed by atoms with Crippen LogP contribution in [0.15, 0.2) is 23.2 Å². The van der Waals surface area contributed by atoms with Gasteiger partial charge < -0.3 is 20.1 Å². The Morgan fingerprint density at radius 3 is 2.50 bits per heavy atom. The highest BCUT2D eigenvalue weighted by atomic mass is 16.5. The number of aliphatic imine (C=N–C) groups is 1. The van der Waals surface area contributed by atoms with Crippen molar-refractivity contribution in [3.05, 3.63) is 40.7 Å². The van der Waals surface area contributed by atoms with E-state index in [-0.39, 0.29) is 0 Å². The predicted octanol–water partition coefficient (Wildman–Crippen LogP) is 2.31. The van der Waals surface area contributed by atoms with Gasteiger partial charge in [-0.15, -0.1) is 0 Å². The number of methoxy groups -OCH3 is 1. The summed E-state index contributed by atoms with van der Waals surface area (Å²) >= 11 is 0. The van der Waals surface area contributed by atoms with Crippen molar-refractivity contribution in [1.29, 1.82) is 0 Å². The summed E-state index contributed by atoms with van der Waals surface area (Å²) in [5.41, 5.74) is 4.47. The summed E-state index contributed by atoms with van der Waals surface area (Å²) in [6, 6.07) is 5.91. The molecule has 0 saturated carbocycles. The van der Waals surface area contributed by atoms with E-state index in [1.807, 2.05) is 43.8 Å². The lowest BCUT2D eigenvalue weighted by molar-refractivity contribution is 0.310. The van der Waals surface area contributed by atoms with Crippen molar-refractivity contribution in [1.82, 2.24) is 20.4 Å². The fraction of sp³-hybridized carbons (Fsp3) is 0.474. The zero-order valence-corrected chi connectivity index (χ0v) is 16.5. The number of hydrogen-bond donors (Lipinski definition) is 2. The van der Waals surface area contributed by atoms with Crippen LogP contribution in [0.3, 0.4) is 0 Å². The summed E-state index contributed by atoms with van der Waals surface area (Å²) in [6.45, 7) is 7.96. The van der Waals surface area contributed by atoms with Crippen LogP contribution in [0.5, 0.6) is 11.5 Å². The first-order valence-corrected chi connectivity index (χ1v) is 8.73. The van der Waals surface area contributed by atoms with Crippen LogP contribution in [0.2, 0.25) is 0 Å². The Morgan fingerprint density at radius 2 is 1.92 bits per heavy atom. The van der Waals surface area contributed by atoms with Crippen molar-refractivity contribution in [2.45, 2.75) is 33.9 Å². The lowest BCUT2D eigenvalue weighted by Crippen LogP contribution is -2.36. The lowest BCUT2D eigenvalue weighted by atomic mass is 10.2. The third-order valence-electron chi connectivity index (χ3n) is 4.30. The maximum Gasteiger partial charge on any atom is 0.191 e. The van der Waals surface area contributed by atoms with Gasteiger partial charge in [0.25, 0.3) is 0 Å². The molecule has 1 heterocycles. The van der Waals surface area contributed by atoms with Crippen LogP contribution in [-0.4, -0.2) is 36.5 Å². The number of aromatic nitrogens is 2. The predicted molar refractivity (Wildman–Crippen MR) is 104 cm³/mol. The molecule has 26 heavy (non-hydrogen) atoms. The molecule has 0 aliphatic carbocycles. The molecule has 0 aliphatic heterocycles. The highest BCUT2D eigenvalue weighted by Crippen LogP contribution is 2.27. The summed E-state index contributed by atoms with van der Waals surface area (Å²) in [4.78, 5) is 4.29. The molecule has 2 aromatic rings. The fourth-order valence-corrected chi connectivity index (χ4v) is 2.75. The van der Waals surface area contributed by atoms with Gasteiger partial charge in [0, 0.05) is 38.4 Å². The minimum absolute atomic E-state index is 0.597. The Balaban J connectivity index is 1.97. The maximum atomic E-state index is 5.63. The van der Waals surface area contributed by atoms with Crippen molar-refractivity contribution in [2.24, 2.45) is 12.0 Å². The Morgan fingerprint density at radius 1 is 1.19 bits per heavy atom. The quantitative estimate of drug-likeness (QED) is 0.586. The standard InChI is InChI=1S/C19H29N5O2/c1-7-26-18-10-15(8-9-17(18)25-6)11-21-19(20-4)22-12-16-13(2)23-24(5)14(16)3/h8-10H,7,11-12H2,1-6H3,(H2,20,21,22). The van der Waals surface area contributed by atoms with Gasteiger partial charge in [-0.2, -0.15) is 5.10 Å². The van der Waals surface area contributed by atoms with Gasteiger partial charge in [-0.1, -0.05) is 6.07 Å². The number of ether oxygens (including phenoxy) is 2. The molecule has 0 spiro atoms. The fourth-order valence-electron chi connectivity index (χ4n) is 2.75. The third-order valence-corrected chi connectivity index (χ3v) is 4.30. The first-order valence-electron chi connectivity index (χ1n) is 8.73. The normalized spacial score (nSPS) is 11.4. The molecular formula is C19H29N5O2. The van der Waals surface area contributed by atoms with Crippen molar-refractivity contribution in [3.63, 3.8) is 0 Å². The summed E-state index contributed by atoms with van der Waals surface area (Å²) in [5, 5.41) is 11.1. The van der Waals surface area contributed by atoms with Crippen molar-refractivity contribution in [3.8, 4) is 11.5 Å². The zero-order valence-electron chi connectivity index (χ0n) is 16.5. The van der Waals surface area contributed by atoms with Gasteiger partial charge in [0.2, 0.25) is 0 Å². The van der Waals surface area contributed by atoms with Gasteiger partial charge in [0.15, 0.2) is 17.5 Å². The Kier molecular flexibility index (Phi) is 6.89. The molecule has 0 fully saturated rings. The monoisotopic (exact) mass is 359 g/mol. The molecule has 1 aromatic heterocycles. The first kappa shape index (κ1) is 19.6. The summed E-state index contributed by atoms with van der Waals surface area (Å²) in [6.07, 6.45) is 0. The van der Waals surface area contributed by atoms with Crippen LogP contribution in [0.4, 0.5) is 0 Å². The van der Waals surface area contributed by atoms with E-state index in [4.69, 9.17) is 9.47 Å². The van der Waals surface area contributed by atoms with E-state index in [0.29, 0.717) is 19.7 Å². The topological polar surface area (TPSA) is 72.7 Å². The van der Waals surface area contributed by atoms with E-state index >= 15 is 0 Å². The van der Waals surface area contributed by atoms with Gasteiger partial charge >= 0.3 is 0 Å². The van der Waals surface area contributed by atoms with E-state index < -0.39 is 0 Å². The second-order valence-electron chi connectivity index (χ2n) is 5.97. The van der Waals surface area contributed by atoms with Crippen LogP contribution in [0, 0.1) is 13.8 Å². The highest BCUT2D eigenvalue weighted by Gasteiger charge is 2.10. The second kappa shape index (κ2) is 9.12. The summed E-state index contributed by atoms with van der Waals surface area (Å²) in [7, 11) is 5.36. The molecule has 2 N–H and O–H groups in total. The minimum Gasteiger partial charge on any atom is -0.493 e. The average molecular weight is 359 g/mol. The number of hydrogen-bond acceptors (Lipinski definition) is 4. The van der Waals surface area contributed by atoms with Crippen molar-refractivity contribution < 1.29 is 9.47 Å². The van der Waals surface area contributed by atoms with Gasteiger partial charge in [0.1, 0.15) is 0 Å². The molecule has 7 heteroatoms. The number of nitrogens with one attached hydrogen (secondary N) is 2. The molecule has 0 radical (unpaired) electrons. The Bertz CT molecular complexity index is 768. The van der Waals surface area contributed by atoms with Gasteiger partial charge in [-0.3, -0.25) is 9.67 Å². The minimum atomic E-state index is 0.597. The number of guanidine groups is 1. The van der Waals surface area contributed by atoms with Crippen LogP contribution < -0.4 is 20.1 Å². The first-order chi connectivity index (χ1) is 12.5. The zero-order chi connectivity index (χ0) is 19.1. The van der Waals surface area contributed by atoms with Crippen molar-refractivity contribution in [2.75, 3.05) is 20.8 Å². The van der Waals surface area contributed by atoms with E-state index in [0.717, 1.165) is 34.4 Å². The van der Waals surface area contributed by atoms with Gasteiger partial charge in [-0.25, -0.2) is 0 Å². The molecule has 142 valence electrons. The van der Waals surface area contributed by atoms with Crippen LogP contribution in [0.1, 0.15) is 29.4 Å². The van der Waals surface area contributed by atoms with E-state index in [1.54, 1.807) is 14.2 Å². The number of benzene rings is 1. The largest absolute Gasteiger partial charge is 0.493 e. The number of rotatable bonds is 7. The number of nitrogens with zero attached hydrogens (tertiary/aromatic N) is 3. The molecule has 1 aromatic carbocycles. The van der Waals surface area contributed by atoms with Gasteiger partial charge in [0.05, 0.1) is 19.4 Å². The smallest absolute Gasteiger partial charge is 0.191 e. The third kappa shape index (κ3) is 4.68. The SMILES string of the molecule is CCOc1cc(CNC(=NC)NCc2c(C)nn(C)c2C)ccc1OC. The van der Waals surface area contributed by atoms with E-state index in [9.17, 15) is 0 Å².